The summed E-state index contributed by atoms with van der Waals surface area (Å²) in [4.78, 5) is 10.7. The second kappa shape index (κ2) is 13.8. The van der Waals surface area contributed by atoms with Crippen molar-refractivity contribution in [3.8, 4) is 5.75 Å². The van der Waals surface area contributed by atoms with Crippen LogP contribution in [0.15, 0.2) is 43.0 Å². The summed E-state index contributed by atoms with van der Waals surface area (Å²) in [5, 5.41) is 0. The lowest BCUT2D eigenvalue weighted by Gasteiger charge is -2.08. The molecule has 0 bridgehead atoms. The predicted octanol–water partition coefficient (Wildman–Crippen LogP) is 1.84. The van der Waals surface area contributed by atoms with Gasteiger partial charge in [-0.05, 0) is 12.1 Å². The van der Waals surface area contributed by atoms with E-state index in [0.29, 0.717) is 46.2 Å². The highest BCUT2D eigenvalue weighted by Gasteiger charge is 1.96. The van der Waals surface area contributed by atoms with E-state index in [1.165, 1.54) is 0 Å². The Kier molecular flexibility index (Phi) is 11.5. The van der Waals surface area contributed by atoms with Gasteiger partial charge in [-0.25, -0.2) is 4.79 Å². The van der Waals surface area contributed by atoms with Crippen LogP contribution in [0, 0.1) is 0 Å². The molecule has 0 aliphatic carbocycles. The van der Waals surface area contributed by atoms with Crippen molar-refractivity contribution in [3.63, 3.8) is 0 Å². The average Bonchev–Trinajstić information content (AvgIpc) is 2.59. The Morgan fingerprint density at radius 1 is 0.826 bits per heavy atom. The van der Waals surface area contributed by atoms with Crippen molar-refractivity contribution in [2.75, 3.05) is 52.9 Å². The number of hydrogen-bond donors (Lipinski definition) is 0. The summed E-state index contributed by atoms with van der Waals surface area (Å²) < 4.78 is 26.2. The number of carbonyl (C=O) groups excluding carboxylic acids is 1. The van der Waals surface area contributed by atoms with Crippen LogP contribution in [-0.2, 0) is 23.7 Å². The van der Waals surface area contributed by atoms with Gasteiger partial charge in [-0.3, -0.25) is 0 Å². The Labute approximate surface area is 136 Å². The van der Waals surface area contributed by atoms with Crippen molar-refractivity contribution >= 4 is 5.97 Å². The molecular weight excluding hydrogens is 300 g/mol. The summed E-state index contributed by atoms with van der Waals surface area (Å²) in [6.07, 6.45) is 1.12. The molecular formula is C17H24O6. The van der Waals surface area contributed by atoms with E-state index in [0.717, 1.165) is 11.8 Å². The fourth-order valence-corrected chi connectivity index (χ4v) is 1.54. The fourth-order valence-electron chi connectivity index (χ4n) is 1.54. The zero-order valence-corrected chi connectivity index (χ0v) is 13.3. The first-order valence-electron chi connectivity index (χ1n) is 7.53. The largest absolute Gasteiger partial charge is 0.491 e. The van der Waals surface area contributed by atoms with E-state index in [1.54, 1.807) is 0 Å². The van der Waals surface area contributed by atoms with Gasteiger partial charge in [0.05, 0.1) is 39.6 Å². The van der Waals surface area contributed by atoms with Gasteiger partial charge in [0.25, 0.3) is 0 Å². The van der Waals surface area contributed by atoms with Gasteiger partial charge in [-0.15, -0.1) is 0 Å². The molecule has 0 aliphatic rings. The highest BCUT2D eigenvalue weighted by molar-refractivity contribution is 5.81. The molecule has 0 saturated carbocycles. The van der Waals surface area contributed by atoms with E-state index in [1.807, 2.05) is 30.3 Å². The second-order valence-corrected chi connectivity index (χ2v) is 4.37. The van der Waals surface area contributed by atoms with Gasteiger partial charge >= 0.3 is 5.97 Å². The molecule has 128 valence electrons. The summed E-state index contributed by atoms with van der Waals surface area (Å²) in [5.74, 6) is 0.390. The Morgan fingerprint density at radius 3 is 1.91 bits per heavy atom. The smallest absolute Gasteiger partial charge is 0.330 e. The van der Waals surface area contributed by atoms with Crippen molar-refractivity contribution in [2.45, 2.75) is 0 Å². The Morgan fingerprint density at radius 2 is 1.35 bits per heavy atom. The van der Waals surface area contributed by atoms with Gasteiger partial charge in [-0.1, -0.05) is 24.8 Å². The minimum absolute atomic E-state index is 0.218. The molecule has 0 fully saturated rings. The molecule has 0 heterocycles. The Hall–Kier alpha value is -1.89. The SMILES string of the molecule is C=CC(=O)OCCOCCOCCOCCOc1ccccc1. The van der Waals surface area contributed by atoms with Crippen LogP contribution in [0.2, 0.25) is 0 Å². The van der Waals surface area contributed by atoms with E-state index in [4.69, 9.17) is 23.7 Å². The molecule has 1 aromatic rings. The number of benzene rings is 1. The van der Waals surface area contributed by atoms with E-state index in [9.17, 15) is 4.79 Å². The molecule has 0 aliphatic heterocycles. The summed E-state index contributed by atoms with van der Waals surface area (Å²) in [6.45, 7) is 6.81. The van der Waals surface area contributed by atoms with E-state index < -0.39 is 5.97 Å². The van der Waals surface area contributed by atoms with Crippen molar-refractivity contribution < 1.29 is 28.5 Å². The van der Waals surface area contributed by atoms with E-state index in [2.05, 4.69) is 6.58 Å². The van der Waals surface area contributed by atoms with Crippen LogP contribution in [0.4, 0.5) is 0 Å². The molecule has 1 aromatic carbocycles. The normalized spacial score (nSPS) is 10.3. The van der Waals surface area contributed by atoms with Crippen LogP contribution >= 0.6 is 0 Å². The third-order valence-corrected chi connectivity index (χ3v) is 2.62. The highest BCUT2D eigenvalue weighted by atomic mass is 16.6. The van der Waals surface area contributed by atoms with Crippen LogP contribution in [0.3, 0.4) is 0 Å². The first-order valence-corrected chi connectivity index (χ1v) is 7.53. The zero-order chi connectivity index (χ0) is 16.6. The van der Waals surface area contributed by atoms with E-state index >= 15 is 0 Å². The number of carbonyl (C=O) groups is 1. The van der Waals surface area contributed by atoms with Crippen molar-refractivity contribution in [1.29, 1.82) is 0 Å². The van der Waals surface area contributed by atoms with E-state index in [-0.39, 0.29) is 6.61 Å². The van der Waals surface area contributed by atoms with Crippen molar-refractivity contribution in [2.24, 2.45) is 0 Å². The maximum Gasteiger partial charge on any atom is 0.330 e. The molecule has 6 heteroatoms. The summed E-state index contributed by atoms with van der Waals surface area (Å²) in [6, 6.07) is 9.60. The van der Waals surface area contributed by atoms with Crippen LogP contribution in [0.25, 0.3) is 0 Å². The lowest BCUT2D eigenvalue weighted by atomic mass is 10.3. The van der Waals surface area contributed by atoms with Crippen LogP contribution < -0.4 is 4.74 Å². The third-order valence-electron chi connectivity index (χ3n) is 2.62. The Balaban J connectivity index is 1.76. The molecule has 0 atom stereocenters. The van der Waals surface area contributed by atoms with Crippen molar-refractivity contribution in [1.82, 2.24) is 0 Å². The van der Waals surface area contributed by atoms with Gasteiger partial charge in [0, 0.05) is 6.08 Å². The number of hydrogen-bond acceptors (Lipinski definition) is 6. The zero-order valence-electron chi connectivity index (χ0n) is 13.3. The first-order chi connectivity index (χ1) is 11.3. The first kappa shape index (κ1) is 19.2. The molecule has 0 amide bonds. The molecule has 0 aromatic heterocycles. The fraction of sp³-hybridized carbons (Fsp3) is 0.471. The molecule has 0 N–H and O–H groups in total. The lowest BCUT2D eigenvalue weighted by Crippen LogP contribution is -2.14. The maximum absolute atomic E-state index is 10.7. The number of para-hydroxylation sites is 1. The summed E-state index contributed by atoms with van der Waals surface area (Å²) >= 11 is 0. The minimum atomic E-state index is -0.446. The topological polar surface area (TPSA) is 63.2 Å². The monoisotopic (exact) mass is 324 g/mol. The maximum atomic E-state index is 10.7. The molecule has 6 nitrogen and oxygen atoms in total. The van der Waals surface area contributed by atoms with Crippen LogP contribution in [0.1, 0.15) is 0 Å². The number of ether oxygens (including phenoxy) is 5. The molecule has 23 heavy (non-hydrogen) atoms. The molecule has 0 saturated heterocycles. The van der Waals surface area contributed by atoms with Crippen molar-refractivity contribution in [3.05, 3.63) is 43.0 Å². The molecule has 0 radical (unpaired) electrons. The third kappa shape index (κ3) is 11.3. The van der Waals surface area contributed by atoms with Gasteiger partial charge in [0.1, 0.15) is 19.0 Å². The number of rotatable bonds is 14. The predicted molar refractivity (Wildman–Crippen MR) is 85.6 cm³/mol. The lowest BCUT2D eigenvalue weighted by molar-refractivity contribution is -0.139. The second-order valence-electron chi connectivity index (χ2n) is 4.37. The quantitative estimate of drug-likeness (QED) is 0.296. The summed E-state index contributed by atoms with van der Waals surface area (Å²) in [5.41, 5.74) is 0. The Bertz CT molecular complexity index is 420. The minimum Gasteiger partial charge on any atom is -0.491 e. The molecule has 0 spiro atoms. The molecule has 1 rings (SSSR count). The van der Waals surface area contributed by atoms with Gasteiger partial charge in [0.2, 0.25) is 0 Å². The summed E-state index contributed by atoms with van der Waals surface area (Å²) in [7, 11) is 0. The van der Waals surface area contributed by atoms with Crippen LogP contribution in [0.5, 0.6) is 5.75 Å². The average molecular weight is 324 g/mol. The molecule has 0 unspecified atom stereocenters. The highest BCUT2D eigenvalue weighted by Crippen LogP contribution is 2.07. The van der Waals surface area contributed by atoms with Gasteiger partial charge in [0.15, 0.2) is 0 Å². The number of esters is 1. The van der Waals surface area contributed by atoms with Crippen LogP contribution in [-0.4, -0.2) is 58.8 Å². The van der Waals surface area contributed by atoms with Gasteiger partial charge < -0.3 is 23.7 Å². The standard InChI is InChI=1S/C17H24O6/c1-2-17(18)23-15-13-21-11-9-19-8-10-20-12-14-22-16-6-4-3-5-7-16/h2-7H,1,8-15H2. The van der Waals surface area contributed by atoms with Gasteiger partial charge in [-0.2, -0.15) is 0 Å².